The maximum Gasteiger partial charge on any atom is 0.165 e. The average Bonchev–Trinajstić information content (AvgIpc) is 2.46. The van der Waals surface area contributed by atoms with Crippen LogP contribution in [0.15, 0.2) is 42.5 Å². The predicted molar refractivity (Wildman–Crippen MR) is 72.7 cm³/mol. The number of halogens is 3. The first-order valence-electron chi connectivity index (χ1n) is 6.31. The number of aliphatic hydroxyl groups excluding tert-OH is 1. The molecule has 6 heteroatoms. The van der Waals surface area contributed by atoms with Gasteiger partial charge in [-0.15, -0.1) is 0 Å². The molecule has 0 aromatic heterocycles. The zero-order valence-electron chi connectivity index (χ0n) is 11.0. The number of hydrogen-bond donors (Lipinski definition) is 2. The number of benzene rings is 2. The highest BCUT2D eigenvalue weighted by molar-refractivity contribution is 5.46. The van der Waals surface area contributed by atoms with Crippen LogP contribution in [0.25, 0.3) is 0 Å². The SMILES string of the molecule is OC(CNc1c(F)cccc1F)COc1ccccc1F. The second-order valence-electron chi connectivity index (χ2n) is 4.37. The van der Waals surface area contributed by atoms with Crippen LogP contribution in [-0.4, -0.2) is 24.4 Å². The molecule has 21 heavy (non-hydrogen) atoms. The van der Waals surface area contributed by atoms with E-state index in [0.29, 0.717) is 0 Å². The van der Waals surface area contributed by atoms with Gasteiger partial charge in [-0.1, -0.05) is 18.2 Å². The monoisotopic (exact) mass is 297 g/mol. The summed E-state index contributed by atoms with van der Waals surface area (Å²) in [6.07, 6.45) is -1.05. The number of ether oxygens (including phenoxy) is 1. The Morgan fingerprint density at radius 3 is 2.24 bits per heavy atom. The van der Waals surface area contributed by atoms with Crippen molar-refractivity contribution in [3.8, 4) is 5.75 Å². The van der Waals surface area contributed by atoms with Crippen LogP contribution in [0.3, 0.4) is 0 Å². The fourth-order valence-electron chi connectivity index (χ4n) is 1.69. The molecule has 0 spiro atoms. The van der Waals surface area contributed by atoms with Crippen LogP contribution in [0, 0.1) is 17.5 Å². The molecule has 2 rings (SSSR count). The molecule has 112 valence electrons. The van der Waals surface area contributed by atoms with Crippen molar-refractivity contribution < 1.29 is 23.0 Å². The summed E-state index contributed by atoms with van der Waals surface area (Å²) in [5.41, 5.74) is -0.317. The second-order valence-corrected chi connectivity index (χ2v) is 4.37. The van der Waals surface area contributed by atoms with E-state index < -0.39 is 23.6 Å². The molecule has 2 aromatic rings. The van der Waals surface area contributed by atoms with Gasteiger partial charge in [-0.05, 0) is 24.3 Å². The highest BCUT2D eigenvalue weighted by atomic mass is 19.1. The van der Waals surface area contributed by atoms with Crippen molar-refractivity contribution >= 4 is 5.69 Å². The lowest BCUT2D eigenvalue weighted by Crippen LogP contribution is -2.27. The van der Waals surface area contributed by atoms with Gasteiger partial charge in [0, 0.05) is 6.54 Å². The van der Waals surface area contributed by atoms with E-state index in [9.17, 15) is 18.3 Å². The van der Waals surface area contributed by atoms with E-state index in [2.05, 4.69) is 5.32 Å². The van der Waals surface area contributed by atoms with Gasteiger partial charge in [-0.2, -0.15) is 0 Å². The van der Waals surface area contributed by atoms with E-state index in [1.165, 1.54) is 24.3 Å². The topological polar surface area (TPSA) is 41.5 Å². The van der Waals surface area contributed by atoms with Gasteiger partial charge in [0.1, 0.15) is 30.0 Å². The van der Waals surface area contributed by atoms with Gasteiger partial charge in [0.25, 0.3) is 0 Å². The molecule has 2 N–H and O–H groups in total. The first kappa shape index (κ1) is 15.2. The number of aliphatic hydroxyl groups is 1. The Kier molecular flexibility index (Phi) is 5.05. The van der Waals surface area contributed by atoms with E-state index in [1.54, 1.807) is 6.07 Å². The molecule has 0 saturated carbocycles. The van der Waals surface area contributed by atoms with E-state index in [4.69, 9.17) is 4.74 Å². The summed E-state index contributed by atoms with van der Waals surface area (Å²) in [5, 5.41) is 12.1. The van der Waals surface area contributed by atoms with Crippen LogP contribution in [-0.2, 0) is 0 Å². The lowest BCUT2D eigenvalue weighted by Gasteiger charge is -2.15. The van der Waals surface area contributed by atoms with Gasteiger partial charge >= 0.3 is 0 Å². The molecule has 3 nitrogen and oxygen atoms in total. The molecule has 0 radical (unpaired) electrons. The van der Waals surface area contributed by atoms with Gasteiger partial charge in [-0.3, -0.25) is 0 Å². The van der Waals surface area contributed by atoms with Crippen LogP contribution in [0.1, 0.15) is 0 Å². The molecule has 1 unspecified atom stereocenters. The van der Waals surface area contributed by atoms with Crippen LogP contribution in [0.4, 0.5) is 18.9 Å². The minimum Gasteiger partial charge on any atom is -0.488 e. The molecular formula is C15H14F3NO2. The lowest BCUT2D eigenvalue weighted by atomic mass is 10.2. The highest BCUT2D eigenvalue weighted by Crippen LogP contribution is 2.18. The van der Waals surface area contributed by atoms with Gasteiger partial charge in [0.15, 0.2) is 11.6 Å². The molecule has 0 aliphatic carbocycles. The average molecular weight is 297 g/mol. The number of anilines is 1. The van der Waals surface area contributed by atoms with Crippen molar-refractivity contribution in [2.75, 3.05) is 18.5 Å². The lowest BCUT2D eigenvalue weighted by molar-refractivity contribution is 0.115. The summed E-state index contributed by atoms with van der Waals surface area (Å²) in [4.78, 5) is 0. The van der Waals surface area contributed by atoms with Gasteiger partial charge in [0.2, 0.25) is 0 Å². The predicted octanol–water partition coefficient (Wildman–Crippen LogP) is 2.96. The molecule has 0 fully saturated rings. The van der Waals surface area contributed by atoms with Crippen LogP contribution < -0.4 is 10.1 Å². The second kappa shape index (κ2) is 6.99. The molecule has 0 heterocycles. The standard InChI is InChI=1S/C15H14F3NO2/c16-11-4-1-2-7-14(11)21-9-10(20)8-19-15-12(17)5-3-6-13(15)18/h1-7,10,19-20H,8-9H2. The van der Waals surface area contributed by atoms with E-state index in [1.807, 2.05) is 0 Å². The number of rotatable bonds is 6. The summed E-state index contributed by atoms with van der Waals surface area (Å²) in [6.45, 7) is -0.337. The third-order valence-electron chi connectivity index (χ3n) is 2.75. The normalized spacial score (nSPS) is 12.0. The summed E-state index contributed by atoms with van der Waals surface area (Å²) >= 11 is 0. The van der Waals surface area contributed by atoms with Gasteiger partial charge < -0.3 is 15.2 Å². The molecule has 2 aromatic carbocycles. The first-order valence-corrected chi connectivity index (χ1v) is 6.31. The maximum absolute atomic E-state index is 13.3. The summed E-state index contributed by atoms with van der Waals surface area (Å²) < 4.78 is 45.0. The minimum absolute atomic E-state index is 0.00798. The van der Waals surface area contributed by atoms with Crippen LogP contribution in [0.5, 0.6) is 5.75 Å². The summed E-state index contributed by atoms with van der Waals surface area (Å²) in [6, 6.07) is 9.22. The van der Waals surface area contributed by atoms with E-state index in [0.717, 1.165) is 12.1 Å². The number of para-hydroxylation sites is 2. The fourth-order valence-corrected chi connectivity index (χ4v) is 1.69. The summed E-state index contributed by atoms with van der Waals surface area (Å²) in [5.74, 6) is -2.04. The molecule has 0 bridgehead atoms. The zero-order chi connectivity index (χ0) is 15.2. The third-order valence-corrected chi connectivity index (χ3v) is 2.75. The fraction of sp³-hybridized carbons (Fsp3) is 0.200. The quantitative estimate of drug-likeness (QED) is 0.861. The first-order chi connectivity index (χ1) is 10.1. The highest BCUT2D eigenvalue weighted by Gasteiger charge is 2.11. The van der Waals surface area contributed by atoms with E-state index >= 15 is 0 Å². The molecule has 1 atom stereocenters. The van der Waals surface area contributed by atoms with Crippen molar-refractivity contribution in [1.29, 1.82) is 0 Å². The van der Waals surface area contributed by atoms with Crippen molar-refractivity contribution in [1.82, 2.24) is 0 Å². The van der Waals surface area contributed by atoms with Crippen LogP contribution >= 0.6 is 0 Å². The maximum atomic E-state index is 13.3. The zero-order valence-corrected chi connectivity index (χ0v) is 11.0. The van der Waals surface area contributed by atoms with Crippen molar-refractivity contribution in [2.24, 2.45) is 0 Å². The molecule has 0 amide bonds. The molecular weight excluding hydrogens is 283 g/mol. The number of nitrogens with one attached hydrogen (secondary N) is 1. The molecule has 0 aliphatic heterocycles. The van der Waals surface area contributed by atoms with Crippen molar-refractivity contribution in [2.45, 2.75) is 6.10 Å². The Bertz CT molecular complexity index is 587. The number of hydrogen-bond acceptors (Lipinski definition) is 3. The molecule has 0 aliphatic rings. The Labute approximate surface area is 120 Å². The Hall–Kier alpha value is -2.21. The Morgan fingerprint density at radius 1 is 0.952 bits per heavy atom. The van der Waals surface area contributed by atoms with Gasteiger partial charge in [-0.25, -0.2) is 13.2 Å². The largest absolute Gasteiger partial charge is 0.488 e. The smallest absolute Gasteiger partial charge is 0.165 e. The van der Waals surface area contributed by atoms with Crippen molar-refractivity contribution in [3.63, 3.8) is 0 Å². The Balaban J connectivity index is 1.85. The molecule has 0 saturated heterocycles. The van der Waals surface area contributed by atoms with Gasteiger partial charge in [0.05, 0.1) is 0 Å². The van der Waals surface area contributed by atoms with Crippen LogP contribution in [0.2, 0.25) is 0 Å². The Morgan fingerprint density at radius 2 is 1.57 bits per heavy atom. The minimum atomic E-state index is -1.05. The van der Waals surface area contributed by atoms with Crippen molar-refractivity contribution in [3.05, 3.63) is 59.9 Å². The third kappa shape index (κ3) is 4.13. The van der Waals surface area contributed by atoms with E-state index in [-0.39, 0.29) is 24.6 Å². The summed E-state index contributed by atoms with van der Waals surface area (Å²) in [7, 11) is 0.